The number of nitrogens with zero attached hydrogens (tertiary/aromatic N) is 1. The first kappa shape index (κ1) is 14.7. The van der Waals surface area contributed by atoms with Gasteiger partial charge in [-0.1, -0.05) is 23.7 Å². The van der Waals surface area contributed by atoms with Crippen LogP contribution in [0, 0.1) is 0 Å². The maximum Gasteiger partial charge on any atom is 0.246 e. The van der Waals surface area contributed by atoms with Crippen molar-refractivity contribution in [3.05, 3.63) is 34.9 Å². The van der Waals surface area contributed by atoms with Crippen molar-refractivity contribution in [3.8, 4) is 0 Å². The van der Waals surface area contributed by atoms with Gasteiger partial charge < -0.3 is 0 Å². The van der Waals surface area contributed by atoms with Gasteiger partial charge in [-0.05, 0) is 26.0 Å². The highest BCUT2D eigenvalue weighted by Gasteiger charge is 2.41. The van der Waals surface area contributed by atoms with Crippen molar-refractivity contribution in [2.45, 2.75) is 19.4 Å². The topological polar surface area (TPSA) is 66.5 Å². The van der Waals surface area contributed by atoms with Gasteiger partial charge in [0.1, 0.15) is 0 Å². The van der Waals surface area contributed by atoms with Crippen molar-refractivity contribution in [1.82, 2.24) is 10.2 Å². The zero-order chi connectivity index (χ0) is 14.9. The van der Waals surface area contributed by atoms with Gasteiger partial charge >= 0.3 is 0 Å². The third-order valence-corrected chi connectivity index (χ3v) is 3.77. The van der Waals surface area contributed by atoms with E-state index in [1.54, 1.807) is 43.0 Å². The van der Waals surface area contributed by atoms with E-state index in [1.165, 1.54) is 0 Å². The molecule has 1 saturated heterocycles. The Bertz CT molecular complexity index is 584. The summed E-state index contributed by atoms with van der Waals surface area (Å²) in [5, 5.41) is 2.63. The van der Waals surface area contributed by atoms with Gasteiger partial charge in [-0.25, -0.2) is 0 Å². The van der Waals surface area contributed by atoms with Crippen molar-refractivity contribution in [2.24, 2.45) is 0 Å². The number of piperazine rings is 1. The molecule has 1 aliphatic rings. The first-order valence-corrected chi connectivity index (χ1v) is 6.57. The van der Waals surface area contributed by atoms with Crippen molar-refractivity contribution in [1.29, 1.82) is 0 Å². The van der Waals surface area contributed by atoms with E-state index in [4.69, 9.17) is 11.6 Å². The number of carbonyl (C=O) groups excluding carboxylic acids is 3. The fourth-order valence-electron chi connectivity index (χ4n) is 2.03. The molecule has 0 aromatic heterocycles. The molecule has 1 aromatic rings. The Morgan fingerprint density at radius 2 is 2.00 bits per heavy atom. The lowest BCUT2D eigenvalue weighted by atomic mass is 9.97. The van der Waals surface area contributed by atoms with Crippen LogP contribution in [-0.2, 0) is 9.59 Å². The standard InChI is InChI=1S/C14H15ClN2O3/c1-14(2)13(20)16-12(19)8-17(14)7-11(18)9-5-3-4-6-10(9)15/h3-6H,7-8H2,1-2H3,(H,16,19,20). The van der Waals surface area contributed by atoms with Gasteiger partial charge in [-0.15, -0.1) is 0 Å². The Labute approximate surface area is 121 Å². The maximum atomic E-state index is 12.3. The molecule has 0 saturated carbocycles. The molecule has 0 aliphatic carbocycles. The summed E-state index contributed by atoms with van der Waals surface area (Å²) >= 11 is 5.98. The monoisotopic (exact) mass is 294 g/mol. The second-order valence-corrected chi connectivity index (χ2v) is 5.60. The Hall–Kier alpha value is -1.72. The molecule has 1 fully saturated rings. The van der Waals surface area contributed by atoms with Gasteiger partial charge in [0.25, 0.3) is 0 Å². The van der Waals surface area contributed by atoms with E-state index < -0.39 is 17.4 Å². The van der Waals surface area contributed by atoms with Gasteiger partial charge in [-0.3, -0.25) is 24.6 Å². The van der Waals surface area contributed by atoms with Crippen LogP contribution in [0.2, 0.25) is 5.02 Å². The van der Waals surface area contributed by atoms with Crippen molar-refractivity contribution in [3.63, 3.8) is 0 Å². The summed E-state index contributed by atoms with van der Waals surface area (Å²) in [4.78, 5) is 37.1. The van der Waals surface area contributed by atoms with Crippen LogP contribution in [0.15, 0.2) is 24.3 Å². The second kappa shape index (κ2) is 5.34. The number of Topliss-reactive ketones (excluding diaryl/α,β-unsaturated/α-hetero) is 1. The lowest BCUT2D eigenvalue weighted by Crippen LogP contribution is -2.64. The van der Waals surface area contributed by atoms with Crippen LogP contribution < -0.4 is 5.32 Å². The second-order valence-electron chi connectivity index (χ2n) is 5.20. The first-order chi connectivity index (χ1) is 9.32. The number of imide groups is 1. The summed E-state index contributed by atoms with van der Waals surface area (Å²) < 4.78 is 0. The van der Waals surface area contributed by atoms with Gasteiger partial charge in [0, 0.05) is 5.56 Å². The quantitative estimate of drug-likeness (QED) is 0.673. The molecule has 1 N–H and O–H groups in total. The molecule has 0 spiro atoms. The van der Waals surface area contributed by atoms with Gasteiger partial charge in [0.15, 0.2) is 5.78 Å². The molecule has 0 radical (unpaired) electrons. The number of ketones is 1. The first-order valence-electron chi connectivity index (χ1n) is 6.19. The maximum absolute atomic E-state index is 12.3. The van der Waals surface area contributed by atoms with Gasteiger partial charge in [0.05, 0.1) is 23.7 Å². The average Bonchev–Trinajstić information content (AvgIpc) is 2.36. The van der Waals surface area contributed by atoms with E-state index in [1.807, 2.05) is 0 Å². The highest BCUT2D eigenvalue weighted by Crippen LogP contribution is 2.21. The van der Waals surface area contributed by atoms with Crippen LogP contribution in [0.3, 0.4) is 0 Å². The molecule has 0 atom stereocenters. The van der Waals surface area contributed by atoms with Crippen LogP contribution in [-0.4, -0.2) is 41.1 Å². The number of nitrogens with one attached hydrogen (secondary N) is 1. The number of halogens is 1. The predicted molar refractivity (Wildman–Crippen MR) is 74.6 cm³/mol. The lowest BCUT2D eigenvalue weighted by molar-refractivity contribution is -0.144. The molecule has 20 heavy (non-hydrogen) atoms. The molecule has 0 bridgehead atoms. The molecule has 5 nitrogen and oxygen atoms in total. The van der Waals surface area contributed by atoms with Gasteiger partial charge in [0.2, 0.25) is 11.8 Å². The van der Waals surface area contributed by atoms with Crippen molar-refractivity contribution >= 4 is 29.2 Å². The number of carbonyl (C=O) groups is 3. The Morgan fingerprint density at radius 3 is 2.65 bits per heavy atom. The molecule has 1 heterocycles. The minimum Gasteiger partial charge on any atom is -0.294 e. The largest absolute Gasteiger partial charge is 0.294 e. The predicted octanol–water partition coefficient (Wildman–Crippen LogP) is 1.26. The third-order valence-electron chi connectivity index (χ3n) is 3.44. The summed E-state index contributed by atoms with van der Waals surface area (Å²) in [7, 11) is 0. The smallest absolute Gasteiger partial charge is 0.246 e. The number of hydrogen-bond donors (Lipinski definition) is 1. The van der Waals surface area contributed by atoms with Crippen molar-refractivity contribution < 1.29 is 14.4 Å². The fourth-order valence-corrected chi connectivity index (χ4v) is 2.27. The van der Waals surface area contributed by atoms with Gasteiger partial charge in [-0.2, -0.15) is 0 Å². The summed E-state index contributed by atoms with van der Waals surface area (Å²) in [6.07, 6.45) is 0. The van der Waals surface area contributed by atoms with Crippen LogP contribution in [0.5, 0.6) is 0 Å². The van der Waals surface area contributed by atoms with E-state index in [9.17, 15) is 14.4 Å². The van der Waals surface area contributed by atoms with E-state index in [-0.39, 0.29) is 18.9 Å². The molecule has 2 amide bonds. The van der Waals surface area contributed by atoms with Crippen molar-refractivity contribution in [2.75, 3.05) is 13.1 Å². The normalized spacial score (nSPS) is 18.8. The molecule has 2 rings (SSSR count). The lowest BCUT2D eigenvalue weighted by Gasteiger charge is -2.39. The molecular weight excluding hydrogens is 280 g/mol. The number of rotatable bonds is 3. The Balaban J connectivity index is 2.20. The Kier molecular flexibility index (Phi) is 3.92. The summed E-state index contributed by atoms with van der Waals surface area (Å²) in [5.41, 5.74) is -0.520. The number of amides is 2. The zero-order valence-corrected chi connectivity index (χ0v) is 12.0. The summed E-state index contributed by atoms with van der Waals surface area (Å²) in [6.45, 7) is 3.33. The molecular formula is C14H15ClN2O3. The number of benzene rings is 1. The molecule has 1 aliphatic heterocycles. The number of hydrogen-bond acceptors (Lipinski definition) is 4. The molecule has 1 aromatic carbocycles. The van der Waals surface area contributed by atoms with Crippen LogP contribution in [0.1, 0.15) is 24.2 Å². The minimum absolute atomic E-state index is 0.00886. The van der Waals surface area contributed by atoms with E-state index in [0.717, 1.165) is 0 Å². The average molecular weight is 295 g/mol. The summed E-state index contributed by atoms with van der Waals surface area (Å²) in [6, 6.07) is 6.72. The highest BCUT2D eigenvalue weighted by atomic mass is 35.5. The Morgan fingerprint density at radius 1 is 1.35 bits per heavy atom. The van der Waals surface area contributed by atoms with Crippen LogP contribution in [0.4, 0.5) is 0 Å². The SMILES string of the molecule is CC1(C)C(=O)NC(=O)CN1CC(=O)c1ccccc1Cl. The van der Waals surface area contributed by atoms with E-state index in [2.05, 4.69) is 5.32 Å². The summed E-state index contributed by atoms with van der Waals surface area (Å²) in [5.74, 6) is -1.02. The minimum atomic E-state index is -0.912. The van der Waals surface area contributed by atoms with Crippen LogP contribution in [0.25, 0.3) is 0 Å². The fraction of sp³-hybridized carbons (Fsp3) is 0.357. The highest BCUT2D eigenvalue weighted by molar-refractivity contribution is 6.34. The molecule has 0 unspecified atom stereocenters. The van der Waals surface area contributed by atoms with E-state index in [0.29, 0.717) is 10.6 Å². The van der Waals surface area contributed by atoms with E-state index >= 15 is 0 Å². The van der Waals surface area contributed by atoms with Crippen LogP contribution >= 0.6 is 11.6 Å². The third kappa shape index (κ3) is 2.73. The molecule has 106 valence electrons. The zero-order valence-electron chi connectivity index (χ0n) is 11.3. The molecule has 6 heteroatoms.